The molecule has 7 heteroatoms. The van der Waals surface area contributed by atoms with E-state index < -0.39 is 0 Å². The molecule has 1 saturated heterocycles. The van der Waals surface area contributed by atoms with Gasteiger partial charge in [-0.2, -0.15) is 0 Å². The fourth-order valence-corrected chi connectivity index (χ4v) is 3.10. The van der Waals surface area contributed by atoms with E-state index in [4.69, 9.17) is 0 Å². The maximum Gasteiger partial charge on any atom is 0.255 e. The number of hydrogen-bond acceptors (Lipinski definition) is 4. The van der Waals surface area contributed by atoms with E-state index >= 15 is 0 Å². The summed E-state index contributed by atoms with van der Waals surface area (Å²) in [5.41, 5.74) is 1.65. The smallest absolute Gasteiger partial charge is 0.255 e. The van der Waals surface area contributed by atoms with Crippen LogP contribution in [0.4, 0.5) is 11.4 Å². The van der Waals surface area contributed by atoms with Gasteiger partial charge in [-0.15, -0.1) is 0 Å². The maximum absolute atomic E-state index is 12.6. The average molecular weight is 377 g/mol. The number of carbonyl (C=O) groups is 4. The minimum atomic E-state index is -0.378. The van der Waals surface area contributed by atoms with Crippen LogP contribution in [0.15, 0.2) is 48.5 Å². The van der Waals surface area contributed by atoms with Gasteiger partial charge >= 0.3 is 0 Å². The SMILES string of the molecule is O=C(Nc1ccccc1C(=O)NC1CC1)c1ccc(N2C(=O)CCC2=O)cc1. The summed E-state index contributed by atoms with van der Waals surface area (Å²) in [6.45, 7) is 0. The van der Waals surface area contributed by atoms with Crippen molar-refractivity contribution in [3.8, 4) is 0 Å². The number of nitrogens with one attached hydrogen (secondary N) is 2. The fourth-order valence-electron chi connectivity index (χ4n) is 3.10. The van der Waals surface area contributed by atoms with E-state index in [-0.39, 0.29) is 42.5 Å². The van der Waals surface area contributed by atoms with Crippen molar-refractivity contribution in [2.24, 2.45) is 0 Å². The van der Waals surface area contributed by atoms with Crippen molar-refractivity contribution in [2.45, 2.75) is 31.7 Å². The van der Waals surface area contributed by atoms with E-state index in [1.54, 1.807) is 48.5 Å². The molecule has 0 aromatic heterocycles. The molecule has 0 atom stereocenters. The monoisotopic (exact) mass is 377 g/mol. The van der Waals surface area contributed by atoms with Gasteiger partial charge in [0.15, 0.2) is 0 Å². The molecule has 2 aromatic rings. The van der Waals surface area contributed by atoms with Crippen molar-refractivity contribution >= 4 is 35.0 Å². The van der Waals surface area contributed by atoms with Crippen LogP contribution in [0, 0.1) is 0 Å². The standard InChI is InChI=1S/C21H19N3O4/c25-18-11-12-19(26)24(18)15-9-5-13(6-10-15)20(27)23-17-4-2-1-3-16(17)21(28)22-14-7-8-14/h1-6,9-10,14H,7-8,11-12H2,(H,22,28)(H,23,27). The van der Waals surface area contributed by atoms with Crippen molar-refractivity contribution in [2.75, 3.05) is 10.2 Å². The second-order valence-electron chi connectivity index (χ2n) is 6.92. The highest BCUT2D eigenvalue weighted by atomic mass is 16.2. The molecule has 0 unspecified atom stereocenters. The highest BCUT2D eigenvalue weighted by Crippen LogP contribution is 2.24. The lowest BCUT2D eigenvalue weighted by molar-refractivity contribution is -0.121. The molecule has 2 fully saturated rings. The van der Waals surface area contributed by atoms with E-state index in [1.165, 1.54) is 0 Å². The molecule has 0 radical (unpaired) electrons. The zero-order valence-corrected chi connectivity index (χ0v) is 15.1. The van der Waals surface area contributed by atoms with E-state index in [9.17, 15) is 19.2 Å². The Morgan fingerprint density at radius 2 is 1.50 bits per heavy atom. The summed E-state index contributed by atoms with van der Waals surface area (Å²) in [6, 6.07) is 13.3. The Morgan fingerprint density at radius 1 is 0.857 bits per heavy atom. The third kappa shape index (κ3) is 3.64. The normalized spacial score (nSPS) is 16.2. The first-order chi connectivity index (χ1) is 13.5. The molecule has 1 heterocycles. The van der Waals surface area contributed by atoms with Gasteiger partial charge in [0.05, 0.1) is 16.9 Å². The molecular weight excluding hydrogens is 358 g/mol. The van der Waals surface area contributed by atoms with Gasteiger partial charge in [-0.3, -0.25) is 24.1 Å². The lowest BCUT2D eigenvalue weighted by Crippen LogP contribution is -2.28. The van der Waals surface area contributed by atoms with E-state index in [0.29, 0.717) is 22.5 Å². The topological polar surface area (TPSA) is 95.6 Å². The van der Waals surface area contributed by atoms with Crippen LogP contribution >= 0.6 is 0 Å². The van der Waals surface area contributed by atoms with Crippen molar-refractivity contribution in [3.63, 3.8) is 0 Å². The molecule has 142 valence electrons. The first-order valence-electron chi connectivity index (χ1n) is 9.20. The summed E-state index contributed by atoms with van der Waals surface area (Å²) in [7, 11) is 0. The molecule has 0 spiro atoms. The quantitative estimate of drug-likeness (QED) is 0.783. The first-order valence-corrected chi connectivity index (χ1v) is 9.20. The highest BCUT2D eigenvalue weighted by Gasteiger charge is 2.30. The van der Waals surface area contributed by atoms with Gasteiger partial charge in [0, 0.05) is 24.4 Å². The molecule has 28 heavy (non-hydrogen) atoms. The summed E-state index contributed by atoms with van der Waals surface area (Å²) >= 11 is 0. The first kappa shape index (κ1) is 17.9. The Labute approximate surface area is 161 Å². The molecule has 2 N–H and O–H groups in total. The van der Waals surface area contributed by atoms with Crippen LogP contribution in [0.3, 0.4) is 0 Å². The van der Waals surface area contributed by atoms with Gasteiger partial charge in [0.2, 0.25) is 11.8 Å². The van der Waals surface area contributed by atoms with Crippen LogP contribution in [-0.2, 0) is 9.59 Å². The molecule has 1 aliphatic heterocycles. The summed E-state index contributed by atoms with van der Waals surface area (Å²) in [6.07, 6.45) is 2.38. The predicted octanol–water partition coefficient (Wildman–Crippen LogP) is 2.48. The van der Waals surface area contributed by atoms with E-state index in [0.717, 1.165) is 17.7 Å². The van der Waals surface area contributed by atoms with Crippen LogP contribution in [0.25, 0.3) is 0 Å². The summed E-state index contributed by atoms with van der Waals surface area (Å²) < 4.78 is 0. The zero-order chi connectivity index (χ0) is 19.7. The van der Waals surface area contributed by atoms with Crippen LogP contribution in [0.2, 0.25) is 0 Å². The van der Waals surface area contributed by atoms with Gasteiger partial charge in [0.1, 0.15) is 0 Å². The van der Waals surface area contributed by atoms with Gasteiger partial charge in [-0.1, -0.05) is 12.1 Å². The minimum absolute atomic E-state index is 0.209. The fraction of sp³-hybridized carbons (Fsp3) is 0.238. The number of nitrogens with zero attached hydrogens (tertiary/aromatic N) is 1. The van der Waals surface area contributed by atoms with E-state index in [2.05, 4.69) is 10.6 Å². The largest absolute Gasteiger partial charge is 0.349 e. The van der Waals surface area contributed by atoms with Crippen LogP contribution in [0.5, 0.6) is 0 Å². The van der Waals surface area contributed by atoms with Crippen LogP contribution in [-0.4, -0.2) is 29.7 Å². The predicted molar refractivity (Wildman–Crippen MR) is 103 cm³/mol. The second kappa shape index (κ2) is 7.26. The lowest BCUT2D eigenvalue weighted by Gasteiger charge is -2.14. The molecule has 1 aliphatic carbocycles. The summed E-state index contributed by atoms with van der Waals surface area (Å²) in [4.78, 5) is 49.7. The van der Waals surface area contributed by atoms with Gasteiger partial charge in [0.25, 0.3) is 11.8 Å². The molecule has 0 bridgehead atoms. The second-order valence-corrected chi connectivity index (χ2v) is 6.92. The van der Waals surface area contributed by atoms with Crippen molar-refractivity contribution in [1.29, 1.82) is 0 Å². The van der Waals surface area contributed by atoms with Gasteiger partial charge < -0.3 is 10.6 Å². The van der Waals surface area contributed by atoms with E-state index in [1.807, 2.05) is 0 Å². The average Bonchev–Trinajstić information content (AvgIpc) is 3.45. The zero-order valence-electron chi connectivity index (χ0n) is 15.1. The number of anilines is 2. The molecule has 1 saturated carbocycles. The Kier molecular flexibility index (Phi) is 4.65. The molecule has 4 rings (SSSR count). The van der Waals surface area contributed by atoms with Gasteiger partial charge in [-0.25, -0.2) is 0 Å². The number of hydrogen-bond donors (Lipinski definition) is 2. The molecule has 7 nitrogen and oxygen atoms in total. The number of benzene rings is 2. The number of rotatable bonds is 5. The van der Waals surface area contributed by atoms with Crippen molar-refractivity contribution < 1.29 is 19.2 Å². The third-order valence-electron chi connectivity index (χ3n) is 4.77. The summed E-state index contributed by atoms with van der Waals surface area (Å²) in [5.74, 6) is -1.06. The molecule has 2 aliphatic rings. The Balaban J connectivity index is 1.49. The maximum atomic E-state index is 12.6. The van der Waals surface area contributed by atoms with Crippen molar-refractivity contribution in [3.05, 3.63) is 59.7 Å². The molecular formula is C21H19N3O4. The Hall–Kier alpha value is -3.48. The molecule has 2 aromatic carbocycles. The summed E-state index contributed by atoms with van der Waals surface area (Å²) in [5, 5.41) is 5.67. The highest BCUT2D eigenvalue weighted by molar-refractivity contribution is 6.20. The molecule has 4 amide bonds. The number of amides is 4. The van der Waals surface area contributed by atoms with Crippen LogP contribution < -0.4 is 15.5 Å². The Morgan fingerprint density at radius 3 is 2.14 bits per heavy atom. The minimum Gasteiger partial charge on any atom is -0.349 e. The third-order valence-corrected chi connectivity index (χ3v) is 4.77. The van der Waals surface area contributed by atoms with Crippen molar-refractivity contribution in [1.82, 2.24) is 5.32 Å². The number of para-hydroxylation sites is 1. The number of imide groups is 1. The Bertz CT molecular complexity index is 948. The number of carbonyl (C=O) groups excluding carboxylic acids is 4. The van der Waals surface area contributed by atoms with Crippen LogP contribution in [0.1, 0.15) is 46.4 Å². The van der Waals surface area contributed by atoms with Gasteiger partial charge in [-0.05, 0) is 49.2 Å². The lowest BCUT2D eigenvalue weighted by atomic mass is 10.1.